The average molecular weight is 282 g/mol. The summed E-state index contributed by atoms with van der Waals surface area (Å²) in [5.74, 6) is -0.124. The Morgan fingerprint density at radius 2 is 2.11 bits per heavy atom. The van der Waals surface area contributed by atoms with E-state index in [0.29, 0.717) is 16.3 Å². The van der Waals surface area contributed by atoms with E-state index in [1.165, 1.54) is 12.8 Å². The van der Waals surface area contributed by atoms with Gasteiger partial charge in [0, 0.05) is 28.9 Å². The second kappa shape index (κ2) is 6.26. The van der Waals surface area contributed by atoms with Crippen LogP contribution in [0.1, 0.15) is 30.1 Å². The molecule has 0 saturated carbocycles. The van der Waals surface area contributed by atoms with Crippen molar-refractivity contribution < 1.29 is 4.79 Å². The number of benzene rings is 1. The van der Waals surface area contributed by atoms with Gasteiger partial charge in [-0.2, -0.15) is 0 Å². The number of amides is 1. The van der Waals surface area contributed by atoms with E-state index in [1.807, 2.05) is 6.92 Å². The van der Waals surface area contributed by atoms with Crippen LogP contribution in [0.3, 0.4) is 0 Å². The van der Waals surface area contributed by atoms with Crippen LogP contribution >= 0.6 is 11.6 Å². The summed E-state index contributed by atoms with van der Waals surface area (Å²) in [5, 5.41) is 3.47. The highest BCUT2D eigenvalue weighted by atomic mass is 35.5. The van der Waals surface area contributed by atoms with E-state index in [9.17, 15) is 4.79 Å². The van der Waals surface area contributed by atoms with E-state index < -0.39 is 0 Å². The van der Waals surface area contributed by atoms with Crippen molar-refractivity contribution in [2.24, 2.45) is 0 Å². The molecule has 0 aromatic heterocycles. The third kappa shape index (κ3) is 4.11. The molecule has 0 aliphatic carbocycles. The van der Waals surface area contributed by atoms with Gasteiger partial charge < -0.3 is 16.0 Å². The summed E-state index contributed by atoms with van der Waals surface area (Å²) >= 11 is 5.90. The lowest BCUT2D eigenvalue weighted by molar-refractivity contribution is 0.0932. The number of anilines is 1. The van der Waals surface area contributed by atoms with Crippen molar-refractivity contribution in [3.63, 3.8) is 0 Å². The zero-order valence-electron chi connectivity index (χ0n) is 11.2. The Bertz CT molecular complexity index is 438. The number of nitrogens with two attached hydrogens (primary N) is 1. The van der Waals surface area contributed by atoms with Crippen molar-refractivity contribution in [3.05, 3.63) is 28.8 Å². The van der Waals surface area contributed by atoms with Gasteiger partial charge in [-0.05, 0) is 51.1 Å². The molecule has 1 saturated heterocycles. The zero-order valence-corrected chi connectivity index (χ0v) is 11.9. The Labute approximate surface area is 118 Å². The first-order chi connectivity index (χ1) is 9.04. The SMILES string of the molecule is CC(CN1CCCC1)NC(=O)c1cc(N)cc(Cl)c1. The molecule has 19 heavy (non-hydrogen) atoms. The first-order valence-electron chi connectivity index (χ1n) is 6.64. The average Bonchev–Trinajstić information content (AvgIpc) is 2.80. The topological polar surface area (TPSA) is 58.4 Å². The summed E-state index contributed by atoms with van der Waals surface area (Å²) in [6.07, 6.45) is 2.51. The smallest absolute Gasteiger partial charge is 0.251 e. The maximum Gasteiger partial charge on any atom is 0.251 e. The number of carbonyl (C=O) groups is 1. The summed E-state index contributed by atoms with van der Waals surface area (Å²) in [4.78, 5) is 14.5. The second-order valence-electron chi connectivity index (χ2n) is 5.16. The van der Waals surface area contributed by atoms with Crippen molar-refractivity contribution in [2.45, 2.75) is 25.8 Å². The van der Waals surface area contributed by atoms with Gasteiger partial charge in [-0.1, -0.05) is 11.6 Å². The molecule has 1 atom stereocenters. The van der Waals surface area contributed by atoms with Crippen LogP contribution in [0.5, 0.6) is 0 Å². The predicted octanol–water partition coefficient (Wildman–Crippen LogP) is 2.14. The molecule has 2 rings (SSSR count). The van der Waals surface area contributed by atoms with Gasteiger partial charge in [0.1, 0.15) is 0 Å². The summed E-state index contributed by atoms with van der Waals surface area (Å²) in [7, 11) is 0. The fourth-order valence-corrected chi connectivity index (χ4v) is 2.69. The maximum atomic E-state index is 12.1. The van der Waals surface area contributed by atoms with Crippen LogP contribution in [0.2, 0.25) is 5.02 Å². The molecule has 1 amide bonds. The Hall–Kier alpha value is -1.26. The van der Waals surface area contributed by atoms with Crippen LogP contribution in [0, 0.1) is 0 Å². The van der Waals surface area contributed by atoms with Gasteiger partial charge >= 0.3 is 0 Å². The lowest BCUT2D eigenvalue weighted by Gasteiger charge is -2.21. The van der Waals surface area contributed by atoms with Gasteiger partial charge in [0.2, 0.25) is 0 Å². The Morgan fingerprint density at radius 3 is 2.74 bits per heavy atom. The molecule has 1 heterocycles. The number of nitrogens with one attached hydrogen (secondary N) is 1. The van der Waals surface area contributed by atoms with Crippen molar-refractivity contribution in [1.82, 2.24) is 10.2 Å². The number of hydrogen-bond donors (Lipinski definition) is 2. The third-order valence-electron chi connectivity index (χ3n) is 3.29. The van der Waals surface area contributed by atoms with Crippen LogP contribution in [-0.2, 0) is 0 Å². The minimum absolute atomic E-state index is 0.116. The van der Waals surface area contributed by atoms with E-state index in [-0.39, 0.29) is 11.9 Å². The lowest BCUT2D eigenvalue weighted by atomic mass is 10.1. The molecular formula is C14H20ClN3O. The first kappa shape index (κ1) is 14.2. The fourth-order valence-electron chi connectivity index (χ4n) is 2.45. The molecule has 1 unspecified atom stereocenters. The molecule has 1 aromatic carbocycles. The van der Waals surface area contributed by atoms with Crippen LogP contribution < -0.4 is 11.1 Å². The Kier molecular flexibility index (Phi) is 4.66. The molecule has 0 spiro atoms. The number of hydrogen-bond acceptors (Lipinski definition) is 3. The predicted molar refractivity (Wildman–Crippen MR) is 78.5 cm³/mol. The van der Waals surface area contributed by atoms with Crippen molar-refractivity contribution in [2.75, 3.05) is 25.4 Å². The molecule has 4 nitrogen and oxygen atoms in total. The summed E-state index contributed by atoms with van der Waals surface area (Å²) in [5.41, 5.74) is 6.70. The minimum atomic E-state index is -0.124. The zero-order chi connectivity index (χ0) is 13.8. The van der Waals surface area contributed by atoms with E-state index in [2.05, 4.69) is 10.2 Å². The number of likely N-dealkylation sites (tertiary alicyclic amines) is 1. The van der Waals surface area contributed by atoms with Crippen LogP contribution in [0.4, 0.5) is 5.69 Å². The van der Waals surface area contributed by atoms with Gasteiger partial charge in [-0.15, -0.1) is 0 Å². The van der Waals surface area contributed by atoms with E-state index in [1.54, 1.807) is 18.2 Å². The standard InChI is InChI=1S/C14H20ClN3O/c1-10(9-18-4-2-3-5-18)17-14(19)11-6-12(15)8-13(16)7-11/h6-8,10H,2-5,9,16H2,1H3,(H,17,19). The van der Waals surface area contributed by atoms with Gasteiger partial charge in [-0.25, -0.2) is 0 Å². The maximum absolute atomic E-state index is 12.1. The number of halogens is 1. The van der Waals surface area contributed by atoms with Crippen molar-refractivity contribution in [3.8, 4) is 0 Å². The molecule has 1 aromatic rings. The molecule has 1 aliphatic rings. The Morgan fingerprint density at radius 1 is 1.42 bits per heavy atom. The molecule has 0 radical (unpaired) electrons. The normalized spacial score (nSPS) is 17.4. The minimum Gasteiger partial charge on any atom is -0.399 e. The molecule has 1 fully saturated rings. The number of nitrogen functional groups attached to an aromatic ring is 1. The van der Waals surface area contributed by atoms with E-state index >= 15 is 0 Å². The molecular weight excluding hydrogens is 262 g/mol. The summed E-state index contributed by atoms with van der Waals surface area (Å²) in [6.45, 7) is 5.17. The highest BCUT2D eigenvalue weighted by Gasteiger charge is 2.16. The molecule has 0 bridgehead atoms. The van der Waals surface area contributed by atoms with Crippen molar-refractivity contribution >= 4 is 23.2 Å². The largest absolute Gasteiger partial charge is 0.399 e. The number of rotatable bonds is 4. The molecule has 5 heteroatoms. The van der Waals surface area contributed by atoms with E-state index in [0.717, 1.165) is 19.6 Å². The number of nitrogens with zero attached hydrogens (tertiary/aromatic N) is 1. The second-order valence-corrected chi connectivity index (χ2v) is 5.59. The molecule has 3 N–H and O–H groups in total. The van der Waals surface area contributed by atoms with Crippen LogP contribution in [-0.4, -0.2) is 36.5 Å². The quantitative estimate of drug-likeness (QED) is 0.832. The van der Waals surface area contributed by atoms with Crippen LogP contribution in [0.25, 0.3) is 0 Å². The number of carbonyl (C=O) groups excluding carboxylic acids is 1. The summed E-state index contributed by atoms with van der Waals surface area (Å²) < 4.78 is 0. The van der Waals surface area contributed by atoms with Gasteiger partial charge in [0.15, 0.2) is 0 Å². The highest BCUT2D eigenvalue weighted by Crippen LogP contribution is 2.16. The lowest BCUT2D eigenvalue weighted by Crippen LogP contribution is -2.41. The Balaban J connectivity index is 1.92. The van der Waals surface area contributed by atoms with E-state index in [4.69, 9.17) is 17.3 Å². The summed E-state index contributed by atoms with van der Waals surface area (Å²) in [6, 6.07) is 5.02. The third-order valence-corrected chi connectivity index (χ3v) is 3.51. The van der Waals surface area contributed by atoms with Gasteiger partial charge in [-0.3, -0.25) is 4.79 Å². The fraction of sp³-hybridized carbons (Fsp3) is 0.500. The van der Waals surface area contributed by atoms with Gasteiger partial charge in [0.25, 0.3) is 5.91 Å². The first-order valence-corrected chi connectivity index (χ1v) is 7.01. The molecule has 1 aliphatic heterocycles. The van der Waals surface area contributed by atoms with Gasteiger partial charge in [0.05, 0.1) is 0 Å². The highest BCUT2D eigenvalue weighted by molar-refractivity contribution is 6.31. The van der Waals surface area contributed by atoms with Crippen LogP contribution in [0.15, 0.2) is 18.2 Å². The van der Waals surface area contributed by atoms with Crippen molar-refractivity contribution in [1.29, 1.82) is 0 Å². The monoisotopic (exact) mass is 281 g/mol. The molecule has 104 valence electrons.